The molecule has 1 amide bonds. The molecule has 0 aromatic heterocycles. The molecule has 0 aliphatic heterocycles. The molecule has 6 heteroatoms. The molecule has 1 aliphatic carbocycles. The number of rotatable bonds is 7. The van der Waals surface area contributed by atoms with Crippen LogP contribution in [0.25, 0.3) is 0 Å². The van der Waals surface area contributed by atoms with Crippen molar-refractivity contribution in [2.45, 2.75) is 44.6 Å². The van der Waals surface area contributed by atoms with Crippen LogP contribution in [0, 0.1) is 5.92 Å². The van der Waals surface area contributed by atoms with Crippen molar-refractivity contribution in [1.29, 1.82) is 0 Å². The zero-order valence-corrected chi connectivity index (χ0v) is 14.2. The minimum Gasteiger partial charge on any atom is -0.493 e. The molecule has 0 bridgehead atoms. The van der Waals surface area contributed by atoms with E-state index in [1.165, 1.54) is 14.2 Å². The molecule has 1 saturated carbocycles. The third kappa shape index (κ3) is 4.63. The Morgan fingerprint density at radius 2 is 1.83 bits per heavy atom. The molecule has 1 fully saturated rings. The Morgan fingerprint density at radius 1 is 1.17 bits per heavy atom. The topological polar surface area (TPSA) is 84.9 Å². The number of carbonyl (C=O) groups excluding carboxylic acids is 1. The van der Waals surface area contributed by atoms with Gasteiger partial charge < -0.3 is 19.9 Å². The molecule has 132 valence electrons. The highest BCUT2D eigenvalue weighted by atomic mass is 16.5. The summed E-state index contributed by atoms with van der Waals surface area (Å²) in [5.41, 5.74) is 0.694. The number of hydrogen-bond donors (Lipinski definition) is 2. The average molecular weight is 335 g/mol. The average Bonchev–Trinajstić information content (AvgIpc) is 2.60. The summed E-state index contributed by atoms with van der Waals surface area (Å²) < 4.78 is 10.5. The van der Waals surface area contributed by atoms with Crippen LogP contribution in [0.1, 0.15) is 50.1 Å². The van der Waals surface area contributed by atoms with Crippen LogP contribution >= 0.6 is 0 Å². The zero-order valence-electron chi connectivity index (χ0n) is 14.2. The number of benzene rings is 1. The Kier molecular flexibility index (Phi) is 6.46. The van der Waals surface area contributed by atoms with Gasteiger partial charge in [-0.1, -0.05) is 25.3 Å². The smallest absolute Gasteiger partial charge is 0.305 e. The lowest BCUT2D eigenvalue weighted by Crippen LogP contribution is -2.35. The van der Waals surface area contributed by atoms with Crippen LogP contribution in [0.4, 0.5) is 0 Å². The molecule has 2 rings (SSSR count). The largest absolute Gasteiger partial charge is 0.493 e. The van der Waals surface area contributed by atoms with Crippen LogP contribution in [0.2, 0.25) is 0 Å². The normalized spacial score (nSPS) is 16.2. The molecule has 0 radical (unpaired) electrons. The number of carbonyl (C=O) groups is 2. The Bertz CT molecular complexity index is 581. The highest BCUT2D eigenvalue weighted by molar-refractivity contribution is 5.80. The molecule has 0 heterocycles. The predicted molar refractivity (Wildman–Crippen MR) is 89.3 cm³/mol. The fourth-order valence-electron chi connectivity index (χ4n) is 3.15. The summed E-state index contributed by atoms with van der Waals surface area (Å²) in [4.78, 5) is 23.7. The third-order valence-electron chi connectivity index (χ3n) is 4.48. The molecule has 1 aromatic rings. The first-order valence-corrected chi connectivity index (χ1v) is 8.29. The molecular weight excluding hydrogens is 310 g/mol. The van der Waals surface area contributed by atoms with Gasteiger partial charge in [-0.25, -0.2) is 0 Å². The van der Waals surface area contributed by atoms with E-state index in [0.29, 0.717) is 17.1 Å². The van der Waals surface area contributed by atoms with Gasteiger partial charge in [0.15, 0.2) is 11.5 Å². The summed E-state index contributed by atoms with van der Waals surface area (Å²) in [6.07, 6.45) is 4.84. The van der Waals surface area contributed by atoms with Gasteiger partial charge in [-0.15, -0.1) is 0 Å². The molecule has 1 aliphatic rings. The van der Waals surface area contributed by atoms with Gasteiger partial charge in [0.25, 0.3) is 0 Å². The lowest BCUT2D eigenvalue weighted by molar-refractivity contribution is -0.138. The van der Waals surface area contributed by atoms with Crippen LogP contribution < -0.4 is 14.8 Å². The second-order valence-corrected chi connectivity index (χ2v) is 6.11. The summed E-state index contributed by atoms with van der Waals surface area (Å²) in [5, 5.41) is 12.1. The number of nitrogens with one attached hydrogen (secondary N) is 1. The Labute approximate surface area is 142 Å². The van der Waals surface area contributed by atoms with E-state index >= 15 is 0 Å². The molecule has 6 nitrogen and oxygen atoms in total. The maximum Gasteiger partial charge on any atom is 0.305 e. The predicted octanol–water partition coefficient (Wildman–Crippen LogP) is 2.92. The van der Waals surface area contributed by atoms with Crippen molar-refractivity contribution >= 4 is 11.9 Å². The first-order valence-electron chi connectivity index (χ1n) is 8.29. The standard InChI is InChI=1S/C18H25NO5/c1-23-15-9-8-13(10-16(15)24-2)14(11-17(20)21)19-18(22)12-6-4-3-5-7-12/h8-10,12,14H,3-7,11H2,1-2H3,(H,19,22)(H,20,21)/t14-/m1/s1. The van der Waals surface area contributed by atoms with E-state index in [1.807, 2.05) is 0 Å². The van der Waals surface area contributed by atoms with Crippen LogP contribution in [0.15, 0.2) is 18.2 Å². The van der Waals surface area contributed by atoms with E-state index in [9.17, 15) is 14.7 Å². The van der Waals surface area contributed by atoms with Gasteiger partial charge in [0.05, 0.1) is 26.7 Å². The quantitative estimate of drug-likeness (QED) is 0.800. The Morgan fingerprint density at radius 3 is 2.42 bits per heavy atom. The molecule has 0 unspecified atom stereocenters. The van der Waals surface area contributed by atoms with Crippen molar-refractivity contribution in [1.82, 2.24) is 5.32 Å². The van der Waals surface area contributed by atoms with Crippen molar-refractivity contribution in [2.75, 3.05) is 14.2 Å². The number of methoxy groups -OCH3 is 2. The molecule has 1 atom stereocenters. The fourth-order valence-corrected chi connectivity index (χ4v) is 3.15. The zero-order chi connectivity index (χ0) is 17.5. The molecule has 24 heavy (non-hydrogen) atoms. The Hall–Kier alpha value is -2.24. The molecule has 0 spiro atoms. The number of hydrogen-bond acceptors (Lipinski definition) is 4. The summed E-state index contributed by atoms with van der Waals surface area (Å²) in [6, 6.07) is 4.61. The maximum absolute atomic E-state index is 12.5. The van der Waals surface area contributed by atoms with Gasteiger partial charge in [-0.3, -0.25) is 9.59 Å². The van der Waals surface area contributed by atoms with E-state index < -0.39 is 12.0 Å². The third-order valence-corrected chi connectivity index (χ3v) is 4.48. The van der Waals surface area contributed by atoms with E-state index in [0.717, 1.165) is 32.1 Å². The van der Waals surface area contributed by atoms with E-state index in [2.05, 4.69) is 5.32 Å². The number of carboxylic acids is 1. The highest BCUT2D eigenvalue weighted by Gasteiger charge is 2.25. The van der Waals surface area contributed by atoms with E-state index in [4.69, 9.17) is 9.47 Å². The maximum atomic E-state index is 12.5. The van der Waals surface area contributed by atoms with Crippen molar-refractivity contribution in [3.05, 3.63) is 23.8 Å². The van der Waals surface area contributed by atoms with Crippen molar-refractivity contribution in [3.63, 3.8) is 0 Å². The van der Waals surface area contributed by atoms with Crippen molar-refractivity contribution in [3.8, 4) is 11.5 Å². The van der Waals surface area contributed by atoms with Gasteiger partial charge in [0, 0.05) is 5.92 Å². The summed E-state index contributed by atoms with van der Waals surface area (Å²) >= 11 is 0. The van der Waals surface area contributed by atoms with Gasteiger partial charge in [0.1, 0.15) is 0 Å². The minimum atomic E-state index is -0.960. The van der Waals surface area contributed by atoms with Crippen LogP contribution in [0.3, 0.4) is 0 Å². The van der Waals surface area contributed by atoms with E-state index in [1.54, 1.807) is 18.2 Å². The van der Waals surface area contributed by atoms with Crippen LogP contribution in [0.5, 0.6) is 11.5 Å². The first-order chi connectivity index (χ1) is 11.5. The van der Waals surface area contributed by atoms with Gasteiger partial charge in [-0.05, 0) is 30.5 Å². The van der Waals surface area contributed by atoms with Gasteiger partial charge >= 0.3 is 5.97 Å². The van der Waals surface area contributed by atoms with Crippen LogP contribution in [-0.4, -0.2) is 31.2 Å². The molecule has 1 aromatic carbocycles. The lowest BCUT2D eigenvalue weighted by atomic mass is 9.88. The Balaban J connectivity index is 2.18. The minimum absolute atomic E-state index is 0.0183. The second kappa shape index (κ2) is 8.57. The molecule has 0 saturated heterocycles. The highest BCUT2D eigenvalue weighted by Crippen LogP contribution is 2.31. The number of amides is 1. The van der Waals surface area contributed by atoms with Gasteiger partial charge in [-0.2, -0.15) is 0 Å². The van der Waals surface area contributed by atoms with Crippen LogP contribution in [-0.2, 0) is 9.59 Å². The van der Waals surface area contributed by atoms with Gasteiger partial charge in [0.2, 0.25) is 5.91 Å². The van der Waals surface area contributed by atoms with E-state index in [-0.39, 0.29) is 18.2 Å². The fraction of sp³-hybridized carbons (Fsp3) is 0.556. The first kappa shape index (κ1) is 18.1. The monoisotopic (exact) mass is 335 g/mol. The molecular formula is C18H25NO5. The lowest BCUT2D eigenvalue weighted by Gasteiger charge is -2.25. The second-order valence-electron chi connectivity index (χ2n) is 6.11. The summed E-state index contributed by atoms with van der Waals surface area (Å²) in [6.45, 7) is 0. The summed E-state index contributed by atoms with van der Waals surface area (Å²) in [7, 11) is 3.06. The summed E-state index contributed by atoms with van der Waals surface area (Å²) in [5.74, 6) is 0.0379. The molecule has 2 N–H and O–H groups in total. The van der Waals surface area contributed by atoms with Crippen molar-refractivity contribution < 1.29 is 24.2 Å². The number of ether oxygens (including phenoxy) is 2. The number of carboxylic acid groups (broad SMARTS) is 1. The van der Waals surface area contributed by atoms with Crippen molar-refractivity contribution in [2.24, 2.45) is 5.92 Å². The number of aliphatic carboxylic acids is 1. The SMILES string of the molecule is COc1ccc([C@@H](CC(=O)O)NC(=O)C2CCCCC2)cc1OC.